The van der Waals surface area contributed by atoms with Crippen molar-refractivity contribution in [1.82, 2.24) is 19.4 Å². The molecule has 40 heavy (non-hydrogen) atoms. The summed E-state index contributed by atoms with van der Waals surface area (Å²) in [5, 5.41) is 12.1. The lowest BCUT2D eigenvalue weighted by atomic mass is 10.0. The van der Waals surface area contributed by atoms with Crippen molar-refractivity contribution in [3.63, 3.8) is 0 Å². The number of nitrogens with one attached hydrogen (secondary N) is 1. The number of rotatable bonds is 11. The van der Waals surface area contributed by atoms with Crippen LogP contribution in [0.15, 0.2) is 58.0 Å². The molecule has 0 radical (unpaired) electrons. The molecule has 0 spiro atoms. The molecule has 0 bridgehead atoms. The number of hydrogen-bond donors (Lipinski definition) is 2. The molecular formula is C30H37F2N7O. The molecule has 4 rings (SSSR count). The van der Waals surface area contributed by atoms with Crippen molar-refractivity contribution >= 4 is 35.4 Å². The number of halogens is 2. The van der Waals surface area contributed by atoms with Crippen LogP contribution in [0.2, 0.25) is 0 Å². The Morgan fingerprint density at radius 2 is 2.02 bits per heavy atom. The Morgan fingerprint density at radius 1 is 1.25 bits per heavy atom. The van der Waals surface area contributed by atoms with Gasteiger partial charge < -0.3 is 19.9 Å². The molecule has 3 heterocycles. The van der Waals surface area contributed by atoms with Gasteiger partial charge >= 0.3 is 0 Å². The Balaban J connectivity index is 1.48. The summed E-state index contributed by atoms with van der Waals surface area (Å²) in [5.74, 6) is 0.00144. The van der Waals surface area contributed by atoms with Crippen molar-refractivity contribution in [2.75, 3.05) is 38.2 Å². The minimum Gasteiger partial charge on any atom is -0.396 e. The molecule has 0 aliphatic carbocycles. The van der Waals surface area contributed by atoms with Gasteiger partial charge in [0, 0.05) is 44.0 Å². The highest BCUT2D eigenvalue weighted by atomic mass is 19.1. The molecule has 3 aromatic rings. The van der Waals surface area contributed by atoms with Crippen molar-refractivity contribution in [2.45, 2.75) is 46.1 Å². The normalized spacial score (nSPS) is 15.2. The molecular weight excluding hydrogens is 512 g/mol. The average Bonchev–Trinajstić information content (AvgIpc) is 3.28. The highest BCUT2D eigenvalue weighted by molar-refractivity contribution is 6.12. The standard InChI is InChI=1S/C30H37F2N7O/c1-20(2)39-21(3)37-30-25(31)15-24(16-27(30)39)29(26(32)18-33-4)36-19-35-28-7-6-23(17-34-28)14-22-8-11-38(12-9-22)10-5-13-40/h6-7,14-18,20,40H,4-5,8-13,19H2,1-3H3,(H,34,35)/b26-18+,36-29-. The number of aliphatic imine (C=N–C) groups is 2. The summed E-state index contributed by atoms with van der Waals surface area (Å²) in [6.07, 6.45) is 7.75. The highest BCUT2D eigenvalue weighted by Gasteiger charge is 2.19. The number of benzene rings is 1. The van der Waals surface area contributed by atoms with Gasteiger partial charge in [0.05, 0.1) is 11.7 Å². The van der Waals surface area contributed by atoms with Gasteiger partial charge in [-0.25, -0.2) is 18.7 Å². The monoisotopic (exact) mass is 549 g/mol. The number of nitrogens with zero attached hydrogens (tertiary/aromatic N) is 6. The summed E-state index contributed by atoms with van der Waals surface area (Å²) >= 11 is 0. The van der Waals surface area contributed by atoms with Crippen LogP contribution in [-0.2, 0) is 0 Å². The van der Waals surface area contributed by atoms with E-state index in [0.717, 1.165) is 50.7 Å². The molecule has 0 unspecified atom stereocenters. The maximum Gasteiger partial charge on any atom is 0.167 e. The lowest BCUT2D eigenvalue weighted by Gasteiger charge is -2.28. The second-order valence-electron chi connectivity index (χ2n) is 10.1. The number of piperidine rings is 1. The second-order valence-corrected chi connectivity index (χ2v) is 10.1. The van der Waals surface area contributed by atoms with Gasteiger partial charge in [-0.05, 0) is 76.6 Å². The zero-order valence-corrected chi connectivity index (χ0v) is 23.4. The van der Waals surface area contributed by atoms with Crippen molar-refractivity contribution in [3.05, 3.63) is 70.8 Å². The number of allylic oxidation sites excluding steroid dienone is 1. The van der Waals surface area contributed by atoms with Crippen LogP contribution >= 0.6 is 0 Å². The summed E-state index contributed by atoms with van der Waals surface area (Å²) in [5.41, 5.74) is 3.45. The van der Waals surface area contributed by atoms with Gasteiger partial charge in [0.15, 0.2) is 11.6 Å². The predicted octanol–water partition coefficient (Wildman–Crippen LogP) is 5.69. The molecule has 2 aromatic heterocycles. The molecule has 0 amide bonds. The number of aromatic nitrogens is 3. The van der Waals surface area contributed by atoms with E-state index >= 15 is 8.78 Å². The SMILES string of the molecule is C=N/C=C(F)\C(=N/CNc1ccc(C=C2CCN(CCCO)CC2)cn1)c1cc(F)c2nc(C)n(C(C)C)c2c1. The quantitative estimate of drug-likeness (QED) is 0.300. The summed E-state index contributed by atoms with van der Waals surface area (Å²) < 4.78 is 32.0. The predicted molar refractivity (Wildman–Crippen MR) is 158 cm³/mol. The molecule has 8 nitrogen and oxygen atoms in total. The smallest absolute Gasteiger partial charge is 0.167 e. The molecule has 1 saturated heterocycles. The number of fused-ring (bicyclic) bond motifs is 1. The number of anilines is 1. The van der Waals surface area contributed by atoms with Crippen LogP contribution in [0, 0.1) is 12.7 Å². The van der Waals surface area contributed by atoms with Crippen LogP contribution in [0.5, 0.6) is 0 Å². The van der Waals surface area contributed by atoms with E-state index in [2.05, 4.69) is 43.0 Å². The van der Waals surface area contributed by atoms with E-state index in [1.807, 2.05) is 37.5 Å². The van der Waals surface area contributed by atoms with Gasteiger partial charge in [-0.2, -0.15) is 0 Å². The number of pyridine rings is 1. The van der Waals surface area contributed by atoms with Gasteiger partial charge in [-0.1, -0.05) is 11.6 Å². The van der Waals surface area contributed by atoms with E-state index in [4.69, 9.17) is 5.11 Å². The summed E-state index contributed by atoms with van der Waals surface area (Å²) in [7, 11) is 0. The Morgan fingerprint density at radius 3 is 2.67 bits per heavy atom. The summed E-state index contributed by atoms with van der Waals surface area (Å²) in [4.78, 5) is 19.1. The van der Waals surface area contributed by atoms with Crippen LogP contribution in [0.3, 0.4) is 0 Å². The average molecular weight is 550 g/mol. The third-order valence-corrected chi connectivity index (χ3v) is 6.93. The number of aliphatic hydroxyl groups is 1. The van der Waals surface area contributed by atoms with Crippen molar-refractivity contribution in [2.24, 2.45) is 9.98 Å². The van der Waals surface area contributed by atoms with Gasteiger partial charge in [-0.15, -0.1) is 0 Å². The van der Waals surface area contributed by atoms with Crippen molar-refractivity contribution in [1.29, 1.82) is 0 Å². The highest BCUT2D eigenvalue weighted by Crippen LogP contribution is 2.26. The van der Waals surface area contributed by atoms with Crippen LogP contribution in [-0.4, -0.2) is 69.9 Å². The molecule has 0 atom stereocenters. The molecule has 2 N–H and O–H groups in total. The fraction of sp³-hybridized carbons (Fsp3) is 0.400. The largest absolute Gasteiger partial charge is 0.396 e. The lowest BCUT2D eigenvalue weighted by Crippen LogP contribution is -2.31. The zero-order valence-electron chi connectivity index (χ0n) is 23.4. The van der Waals surface area contributed by atoms with E-state index in [1.165, 1.54) is 11.6 Å². The van der Waals surface area contributed by atoms with Gasteiger partial charge in [0.25, 0.3) is 0 Å². The van der Waals surface area contributed by atoms with Crippen molar-refractivity contribution < 1.29 is 13.9 Å². The molecule has 1 aliphatic rings. The number of imidazole rings is 1. The molecule has 10 heteroatoms. The molecule has 0 saturated carbocycles. The molecule has 1 aliphatic heterocycles. The van der Waals surface area contributed by atoms with E-state index < -0.39 is 11.6 Å². The Labute approximate surface area is 233 Å². The van der Waals surface area contributed by atoms with Gasteiger partial charge in [0.1, 0.15) is 29.5 Å². The van der Waals surface area contributed by atoms with E-state index in [1.54, 1.807) is 12.3 Å². The lowest BCUT2D eigenvalue weighted by molar-refractivity contribution is 0.215. The van der Waals surface area contributed by atoms with E-state index in [0.29, 0.717) is 17.2 Å². The van der Waals surface area contributed by atoms with Crippen LogP contribution in [0.4, 0.5) is 14.6 Å². The number of aryl methyl sites for hydroxylation is 1. The van der Waals surface area contributed by atoms with Crippen LogP contribution in [0.25, 0.3) is 17.1 Å². The number of likely N-dealkylation sites (tertiary alicyclic amines) is 1. The first-order chi connectivity index (χ1) is 19.3. The first-order valence-electron chi connectivity index (χ1n) is 13.6. The van der Waals surface area contributed by atoms with E-state index in [-0.39, 0.29) is 36.1 Å². The maximum atomic E-state index is 15.0. The number of hydrogen-bond acceptors (Lipinski definition) is 7. The Hall–Kier alpha value is -3.76. The van der Waals surface area contributed by atoms with E-state index in [9.17, 15) is 0 Å². The minimum atomic E-state index is -0.722. The third-order valence-electron chi connectivity index (χ3n) is 6.93. The van der Waals surface area contributed by atoms with Crippen molar-refractivity contribution in [3.8, 4) is 0 Å². The van der Waals surface area contributed by atoms with Gasteiger partial charge in [-0.3, -0.25) is 9.98 Å². The first-order valence-corrected chi connectivity index (χ1v) is 13.6. The minimum absolute atomic E-state index is 0.0208. The van der Waals surface area contributed by atoms with Crippen LogP contribution < -0.4 is 5.32 Å². The molecule has 1 fully saturated rings. The fourth-order valence-corrected chi connectivity index (χ4v) is 5.04. The number of aliphatic hydroxyl groups excluding tert-OH is 1. The maximum absolute atomic E-state index is 15.0. The Kier molecular flexibility index (Phi) is 9.89. The summed E-state index contributed by atoms with van der Waals surface area (Å²) in [6, 6.07) is 6.82. The second kappa shape index (κ2) is 13.5. The Bertz CT molecular complexity index is 1410. The molecule has 212 valence electrons. The fourth-order valence-electron chi connectivity index (χ4n) is 5.04. The summed E-state index contributed by atoms with van der Waals surface area (Å²) in [6.45, 7) is 12.3. The zero-order chi connectivity index (χ0) is 28.6. The topological polar surface area (TPSA) is 90.9 Å². The first kappa shape index (κ1) is 29.2. The third kappa shape index (κ3) is 7.05. The van der Waals surface area contributed by atoms with Crippen LogP contribution in [0.1, 0.15) is 56.1 Å². The molecule has 1 aromatic carbocycles. The van der Waals surface area contributed by atoms with Gasteiger partial charge in [0.2, 0.25) is 0 Å².